The summed E-state index contributed by atoms with van der Waals surface area (Å²) in [7, 11) is 0. The number of hydrogen-bond acceptors (Lipinski definition) is 2. The number of nitrogens with two attached hydrogens (primary N) is 1. The Hall–Kier alpha value is -1.80. The highest BCUT2D eigenvalue weighted by Gasteiger charge is 2.25. The first-order chi connectivity index (χ1) is 9.38. The monoisotopic (exact) mass is 252 g/mol. The van der Waals surface area contributed by atoms with E-state index in [1.54, 1.807) is 0 Å². The molecule has 1 aliphatic heterocycles. The molecule has 1 fully saturated rings. The quantitative estimate of drug-likeness (QED) is 0.906. The fourth-order valence-corrected chi connectivity index (χ4v) is 2.92. The van der Waals surface area contributed by atoms with Gasteiger partial charge in [0.05, 0.1) is 6.04 Å². The summed E-state index contributed by atoms with van der Waals surface area (Å²) in [5.74, 6) is 0. The van der Waals surface area contributed by atoms with Gasteiger partial charge in [0.1, 0.15) is 0 Å². The average molecular weight is 252 g/mol. The molecule has 98 valence electrons. The highest BCUT2D eigenvalue weighted by molar-refractivity contribution is 5.51. The molecular formula is C17H20N2. The predicted octanol–water partition coefficient (Wildman–Crippen LogP) is 3.49. The van der Waals surface area contributed by atoms with Crippen molar-refractivity contribution in [3.8, 4) is 0 Å². The maximum Gasteiger partial charge on any atom is 0.0543 e. The third-order valence-corrected chi connectivity index (χ3v) is 3.94. The van der Waals surface area contributed by atoms with Crippen molar-refractivity contribution in [2.75, 3.05) is 11.4 Å². The SMILES string of the molecule is NCc1ccc(N2CCCC2c2ccccc2)cc1. The maximum atomic E-state index is 5.66. The van der Waals surface area contributed by atoms with Gasteiger partial charge in [-0.15, -0.1) is 0 Å². The lowest BCUT2D eigenvalue weighted by Gasteiger charge is -2.27. The second-order valence-electron chi connectivity index (χ2n) is 5.13. The third kappa shape index (κ3) is 2.49. The smallest absolute Gasteiger partial charge is 0.0543 e. The van der Waals surface area contributed by atoms with Gasteiger partial charge in [0.2, 0.25) is 0 Å². The fraction of sp³-hybridized carbons (Fsp3) is 0.294. The van der Waals surface area contributed by atoms with Crippen LogP contribution < -0.4 is 10.6 Å². The highest BCUT2D eigenvalue weighted by Crippen LogP contribution is 2.35. The third-order valence-electron chi connectivity index (χ3n) is 3.94. The standard InChI is InChI=1S/C17H20N2/c18-13-14-8-10-16(11-9-14)19-12-4-7-17(19)15-5-2-1-3-6-15/h1-3,5-6,8-11,17H,4,7,12-13,18H2. The summed E-state index contributed by atoms with van der Waals surface area (Å²) in [6, 6.07) is 20.0. The molecule has 3 rings (SSSR count). The average Bonchev–Trinajstić information content (AvgIpc) is 2.98. The molecule has 0 aliphatic carbocycles. The molecule has 1 saturated heterocycles. The molecule has 0 aromatic heterocycles. The van der Waals surface area contributed by atoms with Gasteiger partial charge in [-0.05, 0) is 36.1 Å². The van der Waals surface area contributed by atoms with Crippen LogP contribution in [0, 0.1) is 0 Å². The van der Waals surface area contributed by atoms with Crippen molar-refractivity contribution in [3.05, 3.63) is 65.7 Å². The van der Waals surface area contributed by atoms with Crippen molar-refractivity contribution in [2.24, 2.45) is 5.73 Å². The Morgan fingerprint density at radius 3 is 2.42 bits per heavy atom. The summed E-state index contributed by atoms with van der Waals surface area (Å²) in [5.41, 5.74) is 9.58. The second kappa shape index (κ2) is 5.45. The normalized spacial score (nSPS) is 18.8. The van der Waals surface area contributed by atoms with Crippen LogP contribution in [-0.2, 0) is 6.54 Å². The molecule has 1 unspecified atom stereocenters. The molecule has 0 bridgehead atoms. The minimum atomic E-state index is 0.518. The van der Waals surface area contributed by atoms with Crippen molar-refractivity contribution < 1.29 is 0 Å². The van der Waals surface area contributed by atoms with Gasteiger partial charge in [-0.3, -0.25) is 0 Å². The maximum absolute atomic E-state index is 5.66. The summed E-state index contributed by atoms with van der Waals surface area (Å²) in [4.78, 5) is 2.51. The predicted molar refractivity (Wildman–Crippen MR) is 80.1 cm³/mol. The highest BCUT2D eigenvalue weighted by atomic mass is 15.2. The van der Waals surface area contributed by atoms with E-state index in [4.69, 9.17) is 5.73 Å². The topological polar surface area (TPSA) is 29.3 Å². The van der Waals surface area contributed by atoms with E-state index in [0.29, 0.717) is 12.6 Å². The van der Waals surface area contributed by atoms with E-state index in [1.165, 1.54) is 29.7 Å². The first kappa shape index (κ1) is 12.2. The second-order valence-corrected chi connectivity index (χ2v) is 5.13. The molecule has 1 aliphatic rings. The minimum absolute atomic E-state index is 0.518. The van der Waals surface area contributed by atoms with Gasteiger partial charge in [0.25, 0.3) is 0 Å². The number of anilines is 1. The molecule has 0 saturated carbocycles. The molecule has 2 heteroatoms. The molecule has 2 aromatic carbocycles. The van der Waals surface area contributed by atoms with Crippen molar-refractivity contribution in [1.29, 1.82) is 0 Å². The molecule has 0 spiro atoms. The Labute approximate surface area is 114 Å². The molecule has 0 amide bonds. The van der Waals surface area contributed by atoms with Gasteiger partial charge >= 0.3 is 0 Å². The number of rotatable bonds is 3. The van der Waals surface area contributed by atoms with Gasteiger partial charge in [0, 0.05) is 18.8 Å². The van der Waals surface area contributed by atoms with Crippen LogP contribution in [-0.4, -0.2) is 6.54 Å². The lowest BCUT2D eigenvalue weighted by molar-refractivity contribution is 0.719. The van der Waals surface area contributed by atoms with Crippen LogP contribution in [0.25, 0.3) is 0 Å². The van der Waals surface area contributed by atoms with Gasteiger partial charge in [-0.2, -0.15) is 0 Å². The van der Waals surface area contributed by atoms with Crippen LogP contribution >= 0.6 is 0 Å². The zero-order valence-electron chi connectivity index (χ0n) is 11.1. The van der Waals surface area contributed by atoms with E-state index in [1.807, 2.05) is 0 Å². The Bertz CT molecular complexity index is 519. The first-order valence-corrected chi connectivity index (χ1v) is 6.99. The Morgan fingerprint density at radius 2 is 1.74 bits per heavy atom. The molecule has 2 aromatic rings. The Morgan fingerprint density at radius 1 is 1.00 bits per heavy atom. The van der Waals surface area contributed by atoms with Crippen molar-refractivity contribution >= 4 is 5.69 Å². The lowest BCUT2D eigenvalue weighted by atomic mass is 10.0. The number of hydrogen-bond donors (Lipinski definition) is 1. The summed E-state index contributed by atoms with van der Waals surface area (Å²) < 4.78 is 0. The fourth-order valence-electron chi connectivity index (χ4n) is 2.92. The summed E-state index contributed by atoms with van der Waals surface area (Å²) in [6.07, 6.45) is 2.50. The van der Waals surface area contributed by atoms with Crippen molar-refractivity contribution in [2.45, 2.75) is 25.4 Å². The van der Waals surface area contributed by atoms with Crippen LogP contribution in [0.1, 0.15) is 30.0 Å². The van der Waals surface area contributed by atoms with E-state index in [9.17, 15) is 0 Å². The van der Waals surface area contributed by atoms with Crippen LogP contribution in [0.3, 0.4) is 0 Å². The van der Waals surface area contributed by atoms with Crippen molar-refractivity contribution in [1.82, 2.24) is 0 Å². The molecule has 19 heavy (non-hydrogen) atoms. The molecule has 0 radical (unpaired) electrons. The molecular weight excluding hydrogens is 232 g/mol. The van der Waals surface area contributed by atoms with Crippen LogP contribution in [0.4, 0.5) is 5.69 Å². The van der Waals surface area contributed by atoms with Crippen LogP contribution in [0.5, 0.6) is 0 Å². The summed E-state index contributed by atoms with van der Waals surface area (Å²) >= 11 is 0. The Balaban J connectivity index is 1.86. The molecule has 2 N–H and O–H groups in total. The van der Waals surface area contributed by atoms with Gasteiger partial charge in [0.15, 0.2) is 0 Å². The van der Waals surface area contributed by atoms with Gasteiger partial charge < -0.3 is 10.6 Å². The van der Waals surface area contributed by atoms with Crippen LogP contribution in [0.15, 0.2) is 54.6 Å². The zero-order valence-corrected chi connectivity index (χ0v) is 11.1. The number of nitrogens with zero attached hydrogens (tertiary/aromatic N) is 1. The zero-order chi connectivity index (χ0) is 13.1. The molecule has 1 atom stereocenters. The van der Waals surface area contributed by atoms with Gasteiger partial charge in [-0.25, -0.2) is 0 Å². The van der Waals surface area contributed by atoms with Crippen LogP contribution in [0.2, 0.25) is 0 Å². The minimum Gasteiger partial charge on any atom is -0.364 e. The summed E-state index contributed by atoms with van der Waals surface area (Å²) in [6.45, 7) is 1.75. The molecule has 1 heterocycles. The summed E-state index contributed by atoms with van der Waals surface area (Å²) in [5, 5.41) is 0. The Kier molecular flexibility index (Phi) is 3.51. The van der Waals surface area contributed by atoms with E-state index in [-0.39, 0.29) is 0 Å². The van der Waals surface area contributed by atoms with E-state index in [2.05, 4.69) is 59.5 Å². The van der Waals surface area contributed by atoms with Crippen molar-refractivity contribution in [3.63, 3.8) is 0 Å². The van der Waals surface area contributed by atoms with E-state index < -0.39 is 0 Å². The molecule has 2 nitrogen and oxygen atoms in total. The first-order valence-electron chi connectivity index (χ1n) is 6.99. The van der Waals surface area contributed by atoms with E-state index >= 15 is 0 Å². The number of benzene rings is 2. The largest absolute Gasteiger partial charge is 0.364 e. The lowest BCUT2D eigenvalue weighted by Crippen LogP contribution is -2.22. The van der Waals surface area contributed by atoms with E-state index in [0.717, 1.165) is 6.54 Å². The van der Waals surface area contributed by atoms with Gasteiger partial charge in [-0.1, -0.05) is 42.5 Å².